The van der Waals surface area contributed by atoms with E-state index in [4.69, 9.17) is 16.3 Å². The number of carbonyl (C=O) groups excluding carboxylic acids is 2. The molecule has 0 aliphatic carbocycles. The number of hydrogen-bond acceptors (Lipinski definition) is 6. The first-order chi connectivity index (χ1) is 13.9. The number of hydrogen-bond donors (Lipinski definition) is 0. The van der Waals surface area contributed by atoms with E-state index in [1.165, 1.54) is 23.4 Å². The van der Waals surface area contributed by atoms with Crippen molar-refractivity contribution < 1.29 is 14.3 Å². The SMILES string of the molecule is C=C/C(Cl)=C\C=C(/C)N1C(=O)c2nccnc2C1OC(=O)CCCN(C)CCC. The maximum absolute atomic E-state index is 12.8. The van der Waals surface area contributed by atoms with Gasteiger partial charge in [0.1, 0.15) is 5.69 Å². The smallest absolute Gasteiger partial charge is 0.308 e. The summed E-state index contributed by atoms with van der Waals surface area (Å²) in [4.78, 5) is 37.1. The van der Waals surface area contributed by atoms with E-state index < -0.39 is 6.23 Å². The Kier molecular flexibility index (Phi) is 8.54. The van der Waals surface area contributed by atoms with Crippen LogP contribution in [0, 0.1) is 0 Å². The van der Waals surface area contributed by atoms with E-state index in [0.717, 1.165) is 19.5 Å². The van der Waals surface area contributed by atoms with Gasteiger partial charge in [0.05, 0.1) is 0 Å². The molecule has 7 nitrogen and oxygen atoms in total. The zero-order valence-electron chi connectivity index (χ0n) is 17.1. The summed E-state index contributed by atoms with van der Waals surface area (Å²) in [5.74, 6) is -0.755. The summed E-state index contributed by atoms with van der Waals surface area (Å²) in [7, 11) is 2.02. The predicted molar refractivity (Wildman–Crippen MR) is 112 cm³/mol. The third-order valence-electron chi connectivity index (χ3n) is 4.44. The average molecular weight is 419 g/mol. The Morgan fingerprint density at radius 3 is 2.76 bits per heavy atom. The second-order valence-corrected chi connectivity index (χ2v) is 7.21. The molecule has 0 saturated heterocycles. The second kappa shape index (κ2) is 10.9. The van der Waals surface area contributed by atoms with E-state index in [0.29, 0.717) is 22.8 Å². The molecule has 1 aromatic rings. The van der Waals surface area contributed by atoms with Crippen molar-refractivity contribution in [2.75, 3.05) is 20.1 Å². The van der Waals surface area contributed by atoms with Gasteiger partial charge in [-0.25, -0.2) is 4.98 Å². The second-order valence-electron chi connectivity index (χ2n) is 6.78. The lowest BCUT2D eigenvalue weighted by molar-refractivity contribution is -0.155. The molecule has 1 atom stereocenters. The van der Waals surface area contributed by atoms with Crippen LogP contribution in [-0.4, -0.2) is 51.8 Å². The Morgan fingerprint density at radius 1 is 1.34 bits per heavy atom. The Balaban J connectivity index is 2.16. The van der Waals surface area contributed by atoms with E-state index in [2.05, 4.69) is 28.4 Å². The van der Waals surface area contributed by atoms with Gasteiger partial charge in [-0.3, -0.25) is 19.5 Å². The van der Waals surface area contributed by atoms with Gasteiger partial charge >= 0.3 is 5.97 Å². The molecule has 2 heterocycles. The van der Waals surface area contributed by atoms with Crippen LogP contribution in [0.15, 0.2) is 47.9 Å². The van der Waals surface area contributed by atoms with E-state index in [9.17, 15) is 9.59 Å². The van der Waals surface area contributed by atoms with Crippen molar-refractivity contribution in [1.29, 1.82) is 0 Å². The standard InChI is InChI=1S/C21H27ClN4O3/c1-5-13-25(4)14-7-8-17(27)29-21-19-18(23-11-12-24-19)20(28)26(21)15(3)9-10-16(22)6-2/h6,9-12,21H,2,5,7-8,13-14H2,1,3-4H3/b15-9+,16-10+. The van der Waals surface area contributed by atoms with Crippen LogP contribution in [0.4, 0.5) is 0 Å². The molecule has 0 spiro atoms. The predicted octanol–water partition coefficient (Wildman–Crippen LogP) is 3.81. The molecule has 1 amide bonds. The minimum absolute atomic E-state index is 0.180. The molecule has 0 aromatic carbocycles. The molecular weight excluding hydrogens is 392 g/mol. The Morgan fingerprint density at radius 2 is 2.07 bits per heavy atom. The fraction of sp³-hybridized carbons (Fsp3) is 0.429. The Bertz CT molecular complexity index is 822. The monoisotopic (exact) mass is 418 g/mol. The highest BCUT2D eigenvalue weighted by atomic mass is 35.5. The molecule has 0 saturated carbocycles. The van der Waals surface area contributed by atoms with Crippen molar-refractivity contribution >= 4 is 23.5 Å². The molecule has 0 N–H and O–H groups in total. The lowest BCUT2D eigenvalue weighted by atomic mass is 10.3. The molecule has 1 aliphatic rings. The summed E-state index contributed by atoms with van der Waals surface area (Å²) in [5.41, 5.74) is 1.07. The van der Waals surface area contributed by atoms with Crippen LogP contribution in [0.5, 0.6) is 0 Å². The average Bonchev–Trinajstić information content (AvgIpc) is 2.98. The van der Waals surface area contributed by atoms with Gasteiger partial charge in [0, 0.05) is 29.5 Å². The maximum Gasteiger partial charge on any atom is 0.308 e. The number of esters is 1. The van der Waals surface area contributed by atoms with Gasteiger partial charge < -0.3 is 9.64 Å². The van der Waals surface area contributed by atoms with Gasteiger partial charge in [-0.2, -0.15) is 0 Å². The molecule has 0 fully saturated rings. The van der Waals surface area contributed by atoms with E-state index in [1.54, 1.807) is 19.1 Å². The highest BCUT2D eigenvalue weighted by molar-refractivity contribution is 6.31. The highest BCUT2D eigenvalue weighted by Crippen LogP contribution is 2.35. The third-order valence-corrected chi connectivity index (χ3v) is 4.72. The van der Waals surface area contributed by atoms with E-state index >= 15 is 0 Å². The van der Waals surface area contributed by atoms with Crippen molar-refractivity contribution in [3.8, 4) is 0 Å². The summed E-state index contributed by atoms with van der Waals surface area (Å²) in [6.07, 6.45) is 8.73. The number of rotatable bonds is 10. The first kappa shape index (κ1) is 22.8. The van der Waals surface area contributed by atoms with Crippen LogP contribution in [-0.2, 0) is 9.53 Å². The van der Waals surface area contributed by atoms with Crippen molar-refractivity contribution in [3.63, 3.8) is 0 Å². The molecular formula is C21H27ClN4O3. The van der Waals surface area contributed by atoms with Gasteiger partial charge in [-0.15, -0.1) is 0 Å². The van der Waals surface area contributed by atoms with Gasteiger partial charge in [-0.1, -0.05) is 31.2 Å². The fourth-order valence-electron chi connectivity index (χ4n) is 3.01. The molecule has 156 valence electrons. The third kappa shape index (κ3) is 5.98. The fourth-order valence-corrected chi connectivity index (χ4v) is 3.07. The van der Waals surface area contributed by atoms with Crippen LogP contribution >= 0.6 is 11.6 Å². The Hall–Kier alpha value is -2.51. The van der Waals surface area contributed by atoms with Crippen LogP contribution in [0.2, 0.25) is 0 Å². The topological polar surface area (TPSA) is 75.6 Å². The van der Waals surface area contributed by atoms with Crippen molar-refractivity contribution in [2.45, 2.75) is 39.3 Å². The van der Waals surface area contributed by atoms with Crippen LogP contribution in [0.3, 0.4) is 0 Å². The lowest BCUT2D eigenvalue weighted by Gasteiger charge is -2.25. The Labute approximate surface area is 176 Å². The van der Waals surface area contributed by atoms with Crippen LogP contribution in [0.25, 0.3) is 0 Å². The van der Waals surface area contributed by atoms with Gasteiger partial charge in [0.2, 0.25) is 6.23 Å². The lowest BCUT2D eigenvalue weighted by Crippen LogP contribution is -2.30. The summed E-state index contributed by atoms with van der Waals surface area (Å²) < 4.78 is 5.65. The maximum atomic E-state index is 12.8. The molecule has 1 aliphatic heterocycles. The van der Waals surface area contributed by atoms with Gasteiger partial charge in [0.15, 0.2) is 5.69 Å². The number of nitrogens with zero attached hydrogens (tertiary/aromatic N) is 4. The van der Waals surface area contributed by atoms with Crippen molar-refractivity contribution in [2.24, 2.45) is 0 Å². The molecule has 1 aromatic heterocycles. The normalized spacial score (nSPS) is 16.9. The zero-order chi connectivity index (χ0) is 21.4. The van der Waals surface area contributed by atoms with Gasteiger partial charge in [-0.05, 0) is 52.1 Å². The van der Waals surface area contributed by atoms with Crippen LogP contribution in [0.1, 0.15) is 55.5 Å². The number of fused-ring (bicyclic) bond motifs is 1. The number of allylic oxidation sites excluding steroid dienone is 5. The zero-order valence-corrected chi connectivity index (χ0v) is 17.9. The summed E-state index contributed by atoms with van der Waals surface area (Å²) in [6, 6.07) is 0. The molecule has 8 heteroatoms. The summed E-state index contributed by atoms with van der Waals surface area (Å²) in [6.45, 7) is 9.21. The number of aromatic nitrogens is 2. The quantitative estimate of drug-likeness (QED) is 0.425. The van der Waals surface area contributed by atoms with Crippen molar-refractivity contribution in [3.05, 3.63) is 59.3 Å². The van der Waals surface area contributed by atoms with E-state index in [1.807, 2.05) is 7.05 Å². The summed E-state index contributed by atoms with van der Waals surface area (Å²) in [5, 5.41) is 0.425. The molecule has 2 rings (SSSR count). The number of halogens is 1. The largest absolute Gasteiger partial charge is 0.435 e. The highest BCUT2D eigenvalue weighted by Gasteiger charge is 2.42. The minimum atomic E-state index is -0.945. The molecule has 0 bridgehead atoms. The molecule has 29 heavy (non-hydrogen) atoms. The van der Waals surface area contributed by atoms with E-state index in [-0.39, 0.29) is 24.0 Å². The van der Waals surface area contributed by atoms with Gasteiger partial charge in [0.25, 0.3) is 5.91 Å². The van der Waals surface area contributed by atoms with Crippen molar-refractivity contribution in [1.82, 2.24) is 19.8 Å². The summed E-state index contributed by atoms with van der Waals surface area (Å²) >= 11 is 5.95. The first-order valence-corrected chi connectivity index (χ1v) is 9.95. The molecule has 1 unspecified atom stereocenters. The van der Waals surface area contributed by atoms with Crippen LogP contribution < -0.4 is 0 Å². The number of amides is 1. The minimum Gasteiger partial charge on any atom is -0.435 e. The first-order valence-electron chi connectivity index (χ1n) is 9.58. The number of carbonyl (C=O) groups is 2. The molecule has 0 radical (unpaired) electrons. The number of ether oxygens (including phenoxy) is 1.